The summed E-state index contributed by atoms with van der Waals surface area (Å²) in [7, 11) is 0. The van der Waals surface area contributed by atoms with Gasteiger partial charge in [-0.1, -0.05) is 19.3 Å². The first-order chi connectivity index (χ1) is 8.49. The van der Waals surface area contributed by atoms with Crippen molar-refractivity contribution in [1.29, 1.82) is 0 Å². The van der Waals surface area contributed by atoms with Crippen LogP contribution in [-0.2, 0) is 9.47 Å². The van der Waals surface area contributed by atoms with Gasteiger partial charge in [0.15, 0.2) is 0 Å². The van der Waals surface area contributed by atoms with Crippen LogP contribution in [0.1, 0.15) is 59.3 Å². The fraction of sp³-hybridized carbons (Fsp3) is 1.00. The summed E-state index contributed by atoms with van der Waals surface area (Å²) in [5, 5.41) is 3.64. The molecule has 2 rings (SSSR count). The zero-order chi connectivity index (χ0) is 13.1. The number of ether oxygens (including phenoxy) is 2. The molecule has 18 heavy (non-hydrogen) atoms. The molecule has 2 aliphatic rings. The van der Waals surface area contributed by atoms with Crippen LogP contribution in [0, 0.1) is 0 Å². The van der Waals surface area contributed by atoms with Crippen molar-refractivity contribution in [2.75, 3.05) is 19.8 Å². The highest BCUT2D eigenvalue weighted by molar-refractivity contribution is 4.90. The average molecular weight is 255 g/mol. The highest BCUT2D eigenvalue weighted by Crippen LogP contribution is 2.34. The second-order valence-corrected chi connectivity index (χ2v) is 6.95. The molecule has 0 radical (unpaired) electrons. The SMILES string of the molecule is CC(C)(C)NCC1(OC2CCOC2)CCCCC1. The first kappa shape index (κ1) is 14.3. The Morgan fingerprint density at radius 3 is 2.50 bits per heavy atom. The summed E-state index contributed by atoms with van der Waals surface area (Å²) in [6.07, 6.45) is 7.77. The van der Waals surface area contributed by atoms with Crippen molar-refractivity contribution in [2.24, 2.45) is 0 Å². The number of hydrogen-bond donors (Lipinski definition) is 1. The molecule has 0 spiro atoms. The molecule has 2 fully saturated rings. The lowest BCUT2D eigenvalue weighted by molar-refractivity contribution is -0.113. The Hall–Kier alpha value is -0.120. The van der Waals surface area contributed by atoms with E-state index >= 15 is 0 Å². The van der Waals surface area contributed by atoms with Crippen molar-refractivity contribution < 1.29 is 9.47 Å². The molecule has 3 heteroatoms. The molecule has 0 amide bonds. The van der Waals surface area contributed by atoms with Gasteiger partial charge in [0, 0.05) is 18.7 Å². The zero-order valence-electron chi connectivity index (χ0n) is 12.3. The highest BCUT2D eigenvalue weighted by Gasteiger charge is 2.37. The summed E-state index contributed by atoms with van der Waals surface area (Å²) in [5.41, 5.74) is 0.226. The normalized spacial score (nSPS) is 28.5. The van der Waals surface area contributed by atoms with E-state index in [-0.39, 0.29) is 11.1 Å². The second-order valence-electron chi connectivity index (χ2n) is 6.95. The maximum Gasteiger partial charge on any atom is 0.0838 e. The largest absolute Gasteiger partial charge is 0.379 e. The summed E-state index contributed by atoms with van der Waals surface area (Å²) in [6, 6.07) is 0. The van der Waals surface area contributed by atoms with Gasteiger partial charge in [-0.15, -0.1) is 0 Å². The van der Waals surface area contributed by atoms with Crippen molar-refractivity contribution >= 4 is 0 Å². The lowest BCUT2D eigenvalue weighted by Crippen LogP contribution is -2.51. The van der Waals surface area contributed by atoms with Crippen molar-refractivity contribution in [3.63, 3.8) is 0 Å². The van der Waals surface area contributed by atoms with Crippen molar-refractivity contribution in [3.05, 3.63) is 0 Å². The smallest absolute Gasteiger partial charge is 0.0838 e. The number of nitrogens with one attached hydrogen (secondary N) is 1. The standard InChI is InChI=1S/C15H29NO2/c1-14(2,3)16-12-15(8-5-4-6-9-15)18-13-7-10-17-11-13/h13,16H,4-12H2,1-3H3. The van der Waals surface area contributed by atoms with Crippen LogP contribution in [0.2, 0.25) is 0 Å². The number of rotatable bonds is 4. The fourth-order valence-electron chi connectivity index (χ4n) is 2.92. The molecule has 3 nitrogen and oxygen atoms in total. The maximum atomic E-state index is 6.45. The van der Waals surface area contributed by atoms with Crippen molar-refractivity contribution in [1.82, 2.24) is 5.32 Å². The quantitative estimate of drug-likeness (QED) is 0.838. The second kappa shape index (κ2) is 5.89. The van der Waals surface area contributed by atoms with Gasteiger partial charge in [-0.25, -0.2) is 0 Å². The van der Waals surface area contributed by atoms with Gasteiger partial charge in [-0.2, -0.15) is 0 Å². The first-order valence-electron chi connectivity index (χ1n) is 7.50. The van der Waals surface area contributed by atoms with Crippen LogP contribution in [-0.4, -0.2) is 37.0 Å². The molecule has 1 aliphatic heterocycles. The van der Waals surface area contributed by atoms with Gasteiger partial charge in [0.25, 0.3) is 0 Å². The molecule has 1 saturated heterocycles. The van der Waals surface area contributed by atoms with E-state index < -0.39 is 0 Å². The summed E-state index contributed by atoms with van der Waals surface area (Å²) >= 11 is 0. The Morgan fingerprint density at radius 2 is 1.94 bits per heavy atom. The van der Waals surface area contributed by atoms with Crippen molar-refractivity contribution in [3.8, 4) is 0 Å². The van der Waals surface area contributed by atoms with Gasteiger partial charge >= 0.3 is 0 Å². The molecule has 0 aromatic heterocycles. The maximum absolute atomic E-state index is 6.45. The Labute approximate surface area is 112 Å². The number of hydrogen-bond acceptors (Lipinski definition) is 3. The molecule has 1 saturated carbocycles. The predicted octanol–water partition coefficient (Wildman–Crippen LogP) is 2.88. The Morgan fingerprint density at radius 1 is 1.22 bits per heavy atom. The average Bonchev–Trinajstić information content (AvgIpc) is 2.80. The van der Waals surface area contributed by atoms with E-state index in [1.54, 1.807) is 0 Å². The lowest BCUT2D eigenvalue weighted by atomic mass is 9.83. The Bertz CT molecular complexity index is 248. The van der Waals surface area contributed by atoms with Gasteiger partial charge in [-0.3, -0.25) is 0 Å². The Balaban J connectivity index is 1.93. The molecular weight excluding hydrogens is 226 g/mol. The van der Waals surface area contributed by atoms with E-state index in [0.717, 1.165) is 26.2 Å². The minimum Gasteiger partial charge on any atom is -0.379 e. The van der Waals surface area contributed by atoms with Crippen LogP contribution in [0.15, 0.2) is 0 Å². The highest BCUT2D eigenvalue weighted by atomic mass is 16.6. The van der Waals surface area contributed by atoms with E-state index in [4.69, 9.17) is 9.47 Å². The molecular formula is C15H29NO2. The van der Waals surface area contributed by atoms with Gasteiger partial charge < -0.3 is 14.8 Å². The van der Waals surface area contributed by atoms with E-state index in [9.17, 15) is 0 Å². The van der Waals surface area contributed by atoms with E-state index in [0.29, 0.717) is 6.10 Å². The molecule has 1 N–H and O–H groups in total. The van der Waals surface area contributed by atoms with Gasteiger partial charge in [0.1, 0.15) is 0 Å². The van der Waals surface area contributed by atoms with Crippen molar-refractivity contribution in [2.45, 2.75) is 76.5 Å². The topological polar surface area (TPSA) is 30.5 Å². The molecule has 0 bridgehead atoms. The molecule has 1 heterocycles. The summed E-state index contributed by atoms with van der Waals surface area (Å²) in [6.45, 7) is 9.31. The minimum absolute atomic E-state index is 0.0594. The molecule has 1 aliphatic carbocycles. The van der Waals surface area contributed by atoms with E-state index in [1.165, 1.54) is 32.1 Å². The molecule has 1 atom stereocenters. The monoisotopic (exact) mass is 255 g/mol. The fourth-order valence-corrected chi connectivity index (χ4v) is 2.92. The lowest BCUT2D eigenvalue weighted by Gasteiger charge is -2.41. The molecule has 0 aromatic rings. The molecule has 1 unspecified atom stereocenters. The van der Waals surface area contributed by atoms with Crippen LogP contribution in [0.25, 0.3) is 0 Å². The third kappa shape index (κ3) is 4.22. The minimum atomic E-state index is 0.0594. The van der Waals surface area contributed by atoms with Crippen LogP contribution in [0.3, 0.4) is 0 Å². The van der Waals surface area contributed by atoms with Crippen LogP contribution in [0.4, 0.5) is 0 Å². The van der Waals surface area contributed by atoms with Gasteiger partial charge in [0.2, 0.25) is 0 Å². The van der Waals surface area contributed by atoms with Gasteiger partial charge in [-0.05, 0) is 40.0 Å². The van der Waals surface area contributed by atoms with Crippen LogP contribution in [0.5, 0.6) is 0 Å². The Kier molecular flexibility index (Phi) is 4.68. The third-order valence-electron chi connectivity index (χ3n) is 4.01. The molecule has 106 valence electrons. The first-order valence-corrected chi connectivity index (χ1v) is 7.50. The molecule has 0 aromatic carbocycles. The van der Waals surface area contributed by atoms with E-state index in [2.05, 4.69) is 26.1 Å². The summed E-state index contributed by atoms with van der Waals surface area (Å²) < 4.78 is 11.9. The summed E-state index contributed by atoms with van der Waals surface area (Å²) in [4.78, 5) is 0. The van der Waals surface area contributed by atoms with Crippen LogP contribution < -0.4 is 5.32 Å². The zero-order valence-corrected chi connectivity index (χ0v) is 12.3. The summed E-state index contributed by atoms with van der Waals surface area (Å²) in [5.74, 6) is 0. The third-order valence-corrected chi connectivity index (χ3v) is 4.01. The van der Waals surface area contributed by atoms with Crippen LogP contribution >= 0.6 is 0 Å². The predicted molar refractivity (Wildman–Crippen MR) is 73.9 cm³/mol. The van der Waals surface area contributed by atoms with E-state index in [1.807, 2.05) is 0 Å². The van der Waals surface area contributed by atoms with Gasteiger partial charge in [0.05, 0.1) is 18.3 Å².